The van der Waals surface area contributed by atoms with Crippen molar-refractivity contribution in [2.45, 2.75) is 13.0 Å². The fourth-order valence-electron chi connectivity index (χ4n) is 2.56. The second-order valence-corrected chi connectivity index (χ2v) is 5.41. The molecule has 0 bridgehead atoms. The summed E-state index contributed by atoms with van der Waals surface area (Å²) in [5.74, 6) is 0.815. The number of nitrogens with two attached hydrogens (primary N) is 1. The predicted octanol–water partition coefficient (Wildman–Crippen LogP) is 3.16. The third-order valence-corrected chi connectivity index (χ3v) is 3.81. The van der Waals surface area contributed by atoms with Gasteiger partial charge in [0.05, 0.1) is 7.11 Å². The number of primary amides is 1. The summed E-state index contributed by atoms with van der Waals surface area (Å²) in [7, 11) is 1.63. The fraction of sp³-hybridized carbons (Fsp3) is 0.158. The van der Waals surface area contributed by atoms with E-state index in [1.165, 1.54) is 0 Å². The van der Waals surface area contributed by atoms with Gasteiger partial charge in [0.15, 0.2) is 6.10 Å². The maximum atomic E-state index is 11.2. The highest BCUT2D eigenvalue weighted by Gasteiger charge is 2.12. The Kier molecular flexibility index (Phi) is 4.33. The summed E-state index contributed by atoms with van der Waals surface area (Å²) < 4.78 is 11.0. The van der Waals surface area contributed by atoms with Crippen LogP contribution in [0.5, 0.6) is 11.5 Å². The molecule has 3 rings (SSSR count). The molecule has 1 amide bonds. The number of methoxy groups -OCH3 is 1. The normalized spacial score (nSPS) is 11.9. The van der Waals surface area contributed by atoms with Crippen molar-refractivity contribution < 1.29 is 14.3 Å². The van der Waals surface area contributed by atoms with E-state index in [2.05, 4.69) is 4.98 Å². The highest BCUT2D eigenvalue weighted by atomic mass is 16.5. The van der Waals surface area contributed by atoms with Gasteiger partial charge in [-0.3, -0.25) is 9.78 Å². The van der Waals surface area contributed by atoms with E-state index < -0.39 is 12.0 Å². The van der Waals surface area contributed by atoms with Crippen molar-refractivity contribution in [2.75, 3.05) is 7.11 Å². The van der Waals surface area contributed by atoms with Crippen LogP contribution in [0.25, 0.3) is 22.0 Å². The molecule has 0 aliphatic rings. The molecule has 1 aromatic heterocycles. The van der Waals surface area contributed by atoms with Crippen LogP contribution in [0.2, 0.25) is 0 Å². The van der Waals surface area contributed by atoms with Crippen LogP contribution < -0.4 is 15.2 Å². The highest BCUT2D eigenvalue weighted by molar-refractivity contribution is 5.97. The smallest absolute Gasteiger partial charge is 0.258 e. The molecule has 0 unspecified atom stereocenters. The standard InChI is InChI=1S/C19H18N2O3/c1-12(19(20)22)24-14-6-3-5-13(11-14)15-8-9-17(23-2)18-16(15)7-4-10-21-18/h3-12H,1-2H3,(H2,20,22)/t12-/m0/s1. The molecule has 0 radical (unpaired) electrons. The number of nitrogens with zero attached hydrogens (tertiary/aromatic N) is 1. The van der Waals surface area contributed by atoms with Gasteiger partial charge in [0.2, 0.25) is 0 Å². The first-order chi connectivity index (χ1) is 11.6. The summed E-state index contributed by atoms with van der Waals surface area (Å²) in [6, 6.07) is 15.3. The van der Waals surface area contributed by atoms with Gasteiger partial charge < -0.3 is 15.2 Å². The largest absolute Gasteiger partial charge is 0.494 e. The average molecular weight is 322 g/mol. The maximum absolute atomic E-state index is 11.2. The van der Waals surface area contributed by atoms with Crippen molar-refractivity contribution in [3.8, 4) is 22.6 Å². The third kappa shape index (κ3) is 3.01. The molecule has 122 valence electrons. The minimum absolute atomic E-state index is 0.500. The number of aromatic nitrogens is 1. The molecule has 0 fully saturated rings. The van der Waals surface area contributed by atoms with Gasteiger partial charge >= 0.3 is 0 Å². The Labute approximate surface area is 140 Å². The number of fused-ring (bicyclic) bond motifs is 1. The molecule has 24 heavy (non-hydrogen) atoms. The Balaban J connectivity index is 2.07. The Morgan fingerprint density at radius 1 is 1.17 bits per heavy atom. The number of rotatable bonds is 5. The number of ether oxygens (including phenoxy) is 2. The van der Waals surface area contributed by atoms with Gasteiger partial charge in [-0.15, -0.1) is 0 Å². The zero-order chi connectivity index (χ0) is 17.1. The number of carbonyl (C=O) groups excluding carboxylic acids is 1. The lowest BCUT2D eigenvalue weighted by molar-refractivity contribution is -0.123. The van der Waals surface area contributed by atoms with Gasteiger partial charge in [-0.1, -0.05) is 18.2 Å². The first kappa shape index (κ1) is 15.8. The van der Waals surface area contributed by atoms with Crippen LogP contribution in [-0.4, -0.2) is 24.1 Å². The van der Waals surface area contributed by atoms with Gasteiger partial charge in [-0.25, -0.2) is 0 Å². The van der Waals surface area contributed by atoms with E-state index in [1.807, 2.05) is 42.5 Å². The fourth-order valence-corrected chi connectivity index (χ4v) is 2.56. The summed E-state index contributed by atoms with van der Waals surface area (Å²) in [5.41, 5.74) is 8.03. The lowest BCUT2D eigenvalue weighted by atomic mass is 10.00. The summed E-state index contributed by atoms with van der Waals surface area (Å²) in [6.07, 6.45) is 1.05. The second kappa shape index (κ2) is 6.58. The van der Waals surface area contributed by atoms with Gasteiger partial charge in [0.1, 0.15) is 17.0 Å². The van der Waals surface area contributed by atoms with Crippen molar-refractivity contribution in [2.24, 2.45) is 5.73 Å². The van der Waals surface area contributed by atoms with E-state index in [-0.39, 0.29) is 0 Å². The number of benzene rings is 2. The highest BCUT2D eigenvalue weighted by Crippen LogP contribution is 2.34. The number of carbonyl (C=O) groups is 1. The maximum Gasteiger partial charge on any atom is 0.258 e. The van der Waals surface area contributed by atoms with Gasteiger partial charge in [0.25, 0.3) is 5.91 Å². The summed E-state index contributed by atoms with van der Waals surface area (Å²) >= 11 is 0. The van der Waals surface area contributed by atoms with Crippen molar-refractivity contribution in [1.82, 2.24) is 4.98 Å². The molecule has 1 atom stereocenters. The number of amides is 1. The summed E-state index contributed by atoms with van der Waals surface area (Å²) in [4.78, 5) is 15.6. The van der Waals surface area contributed by atoms with E-state index in [0.29, 0.717) is 5.75 Å². The monoisotopic (exact) mass is 322 g/mol. The van der Waals surface area contributed by atoms with Crippen molar-refractivity contribution in [1.29, 1.82) is 0 Å². The number of hydrogen-bond donors (Lipinski definition) is 1. The first-order valence-electron chi connectivity index (χ1n) is 7.58. The molecule has 0 spiro atoms. The Morgan fingerprint density at radius 3 is 2.75 bits per heavy atom. The third-order valence-electron chi connectivity index (χ3n) is 3.81. The molecule has 0 aliphatic carbocycles. The van der Waals surface area contributed by atoms with E-state index in [9.17, 15) is 4.79 Å². The molecule has 2 N–H and O–H groups in total. The summed E-state index contributed by atoms with van der Waals surface area (Å²) in [5, 5.41) is 0.983. The van der Waals surface area contributed by atoms with Crippen LogP contribution in [0.3, 0.4) is 0 Å². The van der Waals surface area contributed by atoms with Gasteiger partial charge in [0, 0.05) is 11.6 Å². The lowest BCUT2D eigenvalue weighted by Crippen LogP contribution is -2.30. The Bertz CT molecular complexity index is 893. The quantitative estimate of drug-likeness (QED) is 0.783. The minimum atomic E-state index is -0.686. The van der Waals surface area contributed by atoms with Crippen molar-refractivity contribution in [3.63, 3.8) is 0 Å². The SMILES string of the molecule is COc1ccc(-c2cccc(O[C@@H](C)C(N)=O)c2)c2cccnc12. The van der Waals surface area contributed by atoms with Gasteiger partial charge in [-0.2, -0.15) is 0 Å². The molecular weight excluding hydrogens is 304 g/mol. The van der Waals surface area contributed by atoms with Crippen LogP contribution in [0, 0.1) is 0 Å². The van der Waals surface area contributed by atoms with E-state index >= 15 is 0 Å². The molecule has 3 aromatic rings. The zero-order valence-electron chi connectivity index (χ0n) is 13.5. The van der Waals surface area contributed by atoms with E-state index in [4.69, 9.17) is 15.2 Å². The molecule has 2 aromatic carbocycles. The molecule has 0 saturated carbocycles. The van der Waals surface area contributed by atoms with Crippen LogP contribution in [-0.2, 0) is 4.79 Å². The minimum Gasteiger partial charge on any atom is -0.494 e. The van der Waals surface area contributed by atoms with Crippen LogP contribution in [0.4, 0.5) is 0 Å². The first-order valence-corrected chi connectivity index (χ1v) is 7.58. The molecule has 5 nitrogen and oxygen atoms in total. The Hall–Kier alpha value is -3.08. The average Bonchev–Trinajstić information content (AvgIpc) is 2.61. The molecule has 0 aliphatic heterocycles. The van der Waals surface area contributed by atoms with Crippen LogP contribution >= 0.6 is 0 Å². The topological polar surface area (TPSA) is 74.4 Å². The second-order valence-electron chi connectivity index (χ2n) is 5.41. The molecule has 0 saturated heterocycles. The van der Waals surface area contributed by atoms with E-state index in [1.54, 1.807) is 26.3 Å². The molecule has 1 heterocycles. The zero-order valence-corrected chi connectivity index (χ0v) is 13.5. The lowest BCUT2D eigenvalue weighted by Gasteiger charge is -2.13. The molecular formula is C19H18N2O3. The van der Waals surface area contributed by atoms with Gasteiger partial charge in [-0.05, 0) is 48.4 Å². The van der Waals surface area contributed by atoms with Crippen molar-refractivity contribution in [3.05, 3.63) is 54.7 Å². The predicted molar refractivity (Wildman–Crippen MR) is 93.0 cm³/mol. The number of pyridine rings is 1. The molecule has 5 heteroatoms. The Morgan fingerprint density at radius 2 is 2.00 bits per heavy atom. The number of hydrogen-bond acceptors (Lipinski definition) is 4. The van der Waals surface area contributed by atoms with Crippen LogP contribution in [0.15, 0.2) is 54.7 Å². The van der Waals surface area contributed by atoms with Crippen molar-refractivity contribution >= 4 is 16.8 Å². The van der Waals surface area contributed by atoms with Crippen LogP contribution in [0.1, 0.15) is 6.92 Å². The summed E-state index contributed by atoms with van der Waals surface area (Å²) in [6.45, 7) is 1.63. The van der Waals surface area contributed by atoms with E-state index in [0.717, 1.165) is 27.8 Å².